The van der Waals surface area contributed by atoms with E-state index in [-0.39, 0.29) is 16.7 Å². The molecule has 2 aromatic heterocycles. The highest BCUT2D eigenvalue weighted by atomic mass is 31.2. The zero-order valence-electron chi connectivity index (χ0n) is 12.6. The zero-order chi connectivity index (χ0) is 17.3. The van der Waals surface area contributed by atoms with Gasteiger partial charge in [-0.15, -0.1) is 0 Å². The van der Waals surface area contributed by atoms with Gasteiger partial charge in [0, 0.05) is 17.5 Å². The number of hydrogen-bond acceptors (Lipinski definition) is 5. The lowest BCUT2D eigenvalue weighted by Crippen LogP contribution is -2.10. The van der Waals surface area contributed by atoms with Crippen LogP contribution in [0.3, 0.4) is 0 Å². The maximum atomic E-state index is 11.8. The summed E-state index contributed by atoms with van der Waals surface area (Å²) in [4.78, 5) is 34.4. The van der Waals surface area contributed by atoms with E-state index in [2.05, 4.69) is 15.2 Å². The Hall–Kier alpha value is -2.54. The molecule has 9 heteroatoms. The molecule has 0 radical (unpaired) electrons. The van der Waals surface area contributed by atoms with Crippen LogP contribution in [-0.2, 0) is 11.0 Å². The topological polar surface area (TPSA) is 125 Å². The Morgan fingerprint density at radius 3 is 2.58 bits per heavy atom. The molecule has 0 atom stereocenters. The van der Waals surface area contributed by atoms with Gasteiger partial charge in [0.15, 0.2) is 0 Å². The number of hydrogen-bond donors (Lipinski definition) is 3. The number of aromatic amines is 1. The summed E-state index contributed by atoms with van der Waals surface area (Å²) in [6.45, 7) is 0. The SMILES string of the molecule is COc1nc(Cc2ccc(P(=O)(O)O)cc2)cc2cn[nH]c(=O)c12. The van der Waals surface area contributed by atoms with Crippen LogP contribution < -0.4 is 15.6 Å². The molecule has 0 saturated carbocycles. The number of pyridine rings is 1. The van der Waals surface area contributed by atoms with E-state index in [0.717, 1.165) is 5.56 Å². The summed E-state index contributed by atoms with van der Waals surface area (Å²) in [6.07, 6.45) is 1.93. The largest absolute Gasteiger partial charge is 0.480 e. The van der Waals surface area contributed by atoms with Gasteiger partial charge in [-0.2, -0.15) is 5.10 Å². The first-order valence-corrected chi connectivity index (χ1v) is 8.56. The summed E-state index contributed by atoms with van der Waals surface area (Å²) in [7, 11) is -2.82. The van der Waals surface area contributed by atoms with Gasteiger partial charge in [-0.3, -0.25) is 9.36 Å². The van der Waals surface area contributed by atoms with Crippen molar-refractivity contribution in [1.29, 1.82) is 0 Å². The van der Waals surface area contributed by atoms with Crippen LogP contribution in [0.15, 0.2) is 41.3 Å². The van der Waals surface area contributed by atoms with Crippen molar-refractivity contribution in [2.45, 2.75) is 6.42 Å². The van der Waals surface area contributed by atoms with E-state index in [9.17, 15) is 9.36 Å². The van der Waals surface area contributed by atoms with Crippen LogP contribution in [0.4, 0.5) is 0 Å². The Kier molecular flexibility index (Phi) is 4.19. The molecule has 8 nitrogen and oxygen atoms in total. The Labute approximate surface area is 136 Å². The minimum Gasteiger partial charge on any atom is -0.480 e. The molecule has 3 rings (SSSR count). The van der Waals surface area contributed by atoms with Crippen molar-refractivity contribution in [2.24, 2.45) is 0 Å². The average Bonchev–Trinajstić information content (AvgIpc) is 2.54. The van der Waals surface area contributed by atoms with Crippen LogP contribution >= 0.6 is 7.60 Å². The monoisotopic (exact) mass is 347 g/mol. The number of H-pyrrole nitrogens is 1. The van der Waals surface area contributed by atoms with Gasteiger partial charge in [-0.1, -0.05) is 12.1 Å². The molecule has 0 saturated heterocycles. The molecule has 0 aliphatic heterocycles. The minimum atomic E-state index is -4.25. The Morgan fingerprint density at radius 1 is 1.25 bits per heavy atom. The fourth-order valence-electron chi connectivity index (χ4n) is 2.40. The molecule has 3 N–H and O–H groups in total. The predicted octanol–water partition coefficient (Wildman–Crippen LogP) is 0.720. The van der Waals surface area contributed by atoms with Crippen molar-refractivity contribution in [1.82, 2.24) is 15.2 Å². The van der Waals surface area contributed by atoms with Gasteiger partial charge < -0.3 is 14.5 Å². The van der Waals surface area contributed by atoms with Crippen molar-refractivity contribution in [2.75, 3.05) is 7.11 Å². The first-order chi connectivity index (χ1) is 11.4. The molecule has 124 valence electrons. The molecule has 2 heterocycles. The summed E-state index contributed by atoms with van der Waals surface area (Å²) in [5, 5.41) is 7.00. The van der Waals surface area contributed by atoms with Crippen molar-refractivity contribution < 1.29 is 19.1 Å². The third kappa shape index (κ3) is 3.21. The lowest BCUT2D eigenvalue weighted by molar-refractivity contribution is 0.387. The highest BCUT2D eigenvalue weighted by Crippen LogP contribution is 2.33. The van der Waals surface area contributed by atoms with Crippen LogP contribution in [0.25, 0.3) is 10.8 Å². The van der Waals surface area contributed by atoms with Gasteiger partial charge in [0.05, 0.1) is 18.6 Å². The molecule has 0 amide bonds. The maximum absolute atomic E-state index is 11.8. The molecule has 0 aliphatic rings. The lowest BCUT2D eigenvalue weighted by Gasteiger charge is -2.08. The summed E-state index contributed by atoms with van der Waals surface area (Å²) >= 11 is 0. The van der Waals surface area contributed by atoms with Crippen LogP contribution in [0, 0.1) is 0 Å². The number of benzene rings is 1. The molecule has 0 spiro atoms. The number of aromatic nitrogens is 3. The van der Waals surface area contributed by atoms with Gasteiger partial charge in [0.2, 0.25) is 5.88 Å². The third-order valence-electron chi connectivity index (χ3n) is 3.52. The van der Waals surface area contributed by atoms with Crippen molar-refractivity contribution in [3.8, 4) is 5.88 Å². The van der Waals surface area contributed by atoms with Gasteiger partial charge in [-0.05, 0) is 23.8 Å². The van der Waals surface area contributed by atoms with Crippen LogP contribution in [0.2, 0.25) is 0 Å². The smallest absolute Gasteiger partial charge is 0.356 e. The van der Waals surface area contributed by atoms with Crippen LogP contribution in [0.5, 0.6) is 5.88 Å². The number of nitrogens with one attached hydrogen (secondary N) is 1. The summed E-state index contributed by atoms with van der Waals surface area (Å²) < 4.78 is 16.4. The Morgan fingerprint density at radius 2 is 1.96 bits per heavy atom. The normalized spacial score (nSPS) is 11.6. The van der Waals surface area contributed by atoms with E-state index in [1.54, 1.807) is 18.2 Å². The standard InChI is InChI=1S/C15H14N3O5P/c1-23-15-13-10(8-16-18-14(13)19)7-11(17-15)6-9-2-4-12(5-3-9)24(20,21)22/h2-5,7-8H,6H2,1H3,(H,18,19)(H2,20,21,22). The second-order valence-corrected chi connectivity index (χ2v) is 6.78. The van der Waals surface area contributed by atoms with Crippen molar-refractivity contribution >= 4 is 23.7 Å². The van der Waals surface area contributed by atoms with E-state index in [0.29, 0.717) is 22.9 Å². The summed E-state index contributed by atoms with van der Waals surface area (Å²) in [5.74, 6) is 0.206. The maximum Gasteiger partial charge on any atom is 0.356 e. The number of ether oxygens (including phenoxy) is 1. The molecule has 24 heavy (non-hydrogen) atoms. The molecule has 3 aromatic rings. The Balaban J connectivity index is 1.99. The lowest BCUT2D eigenvalue weighted by atomic mass is 10.1. The second-order valence-electron chi connectivity index (χ2n) is 5.17. The first kappa shape index (κ1) is 16.3. The predicted molar refractivity (Wildman–Crippen MR) is 87.6 cm³/mol. The summed E-state index contributed by atoms with van der Waals surface area (Å²) in [5.41, 5.74) is 1.09. The van der Waals surface area contributed by atoms with Crippen molar-refractivity contribution in [3.05, 3.63) is 58.1 Å². The van der Waals surface area contributed by atoms with E-state index in [4.69, 9.17) is 14.5 Å². The molecular formula is C15H14N3O5P. The highest BCUT2D eigenvalue weighted by Gasteiger charge is 2.16. The quantitative estimate of drug-likeness (QED) is 0.594. The van der Waals surface area contributed by atoms with E-state index in [1.165, 1.54) is 25.4 Å². The highest BCUT2D eigenvalue weighted by molar-refractivity contribution is 7.60. The fourth-order valence-corrected chi connectivity index (χ4v) is 2.93. The molecule has 0 bridgehead atoms. The number of fused-ring (bicyclic) bond motifs is 1. The van der Waals surface area contributed by atoms with Crippen LogP contribution in [0.1, 0.15) is 11.3 Å². The third-order valence-corrected chi connectivity index (χ3v) is 4.49. The first-order valence-electron chi connectivity index (χ1n) is 6.95. The second kappa shape index (κ2) is 6.16. The van der Waals surface area contributed by atoms with Crippen LogP contribution in [-0.4, -0.2) is 32.1 Å². The van der Waals surface area contributed by atoms with Gasteiger partial charge in [0.1, 0.15) is 5.39 Å². The van der Waals surface area contributed by atoms with E-state index >= 15 is 0 Å². The van der Waals surface area contributed by atoms with Crippen molar-refractivity contribution in [3.63, 3.8) is 0 Å². The molecule has 0 fully saturated rings. The van der Waals surface area contributed by atoms with Gasteiger partial charge in [-0.25, -0.2) is 10.1 Å². The molecule has 1 aromatic carbocycles. The number of nitrogens with zero attached hydrogens (tertiary/aromatic N) is 2. The number of rotatable bonds is 4. The fraction of sp³-hybridized carbons (Fsp3) is 0.133. The molecular weight excluding hydrogens is 333 g/mol. The van der Waals surface area contributed by atoms with E-state index in [1.807, 2.05) is 0 Å². The average molecular weight is 347 g/mol. The summed E-state index contributed by atoms with van der Waals surface area (Å²) in [6, 6.07) is 7.77. The Bertz CT molecular complexity index is 994. The van der Waals surface area contributed by atoms with Gasteiger partial charge >= 0.3 is 7.60 Å². The van der Waals surface area contributed by atoms with Gasteiger partial charge in [0.25, 0.3) is 5.56 Å². The molecule has 0 unspecified atom stereocenters. The molecule has 0 aliphatic carbocycles. The zero-order valence-corrected chi connectivity index (χ0v) is 13.5. The van der Waals surface area contributed by atoms with E-state index < -0.39 is 7.60 Å². The minimum absolute atomic E-state index is 0.0361. The number of methoxy groups -OCH3 is 1.